The number of aromatic nitrogens is 32. The number of imidazole rings is 4. The first-order chi connectivity index (χ1) is 73.5. The van der Waals surface area contributed by atoms with Crippen LogP contribution < -0.4 is 21.3 Å². The van der Waals surface area contributed by atoms with Gasteiger partial charge in [-0.25, -0.2) is 39.9 Å². The lowest BCUT2D eigenvalue weighted by molar-refractivity contribution is -0.123. The largest absolute Gasteiger partial charge is 0.382 e. The van der Waals surface area contributed by atoms with Crippen molar-refractivity contribution in [2.24, 2.45) is 5.41 Å². The Hall–Kier alpha value is -21.2. The fourth-order valence-corrected chi connectivity index (χ4v) is 17.2. The number of carbonyl (C=O) groups excluding carboxylic acids is 3. The number of anilines is 4. The van der Waals surface area contributed by atoms with E-state index in [-0.39, 0.29) is 24.1 Å². The maximum atomic E-state index is 12.6. The van der Waals surface area contributed by atoms with Gasteiger partial charge in [-0.1, -0.05) is 69.3 Å². The summed E-state index contributed by atoms with van der Waals surface area (Å²) >= 11 is 0. The lowest BCUT2D eigenvalue weighted by Gasteiger charge is -2.17. The van der Waals surface area contributed by atoms with Crippen LogP contribution in [0.15, 0.2) is 331 Å². The van der Waals surface area contributed by atoms with E-state index in [1.54, 1.807) is 161 Å². The normalized spacial score (nSPS) is 11.4. The molecule has 726 valence electrons. The molecule has 26 rings (SSSR count). The zero-order valence-electron chi connectivity index (χ0n) is 80.4. The summed E-state index contributed by atoms with van der Waals surface area (Å²) in [6, 6.07) is 50.2. The SMILES string of the molecule is CC(C)(C)C(=O)Nc1cncc(-c2cnc3n[nH]c(-c4nc5c(-c6ccncc6)cncc5[nH]4)c3c2)c1.CC(C)Nc1cncc(-c2cnc3n[nH]c(-c4nc5c(-c6ccncc6)cncc5[nH]4)c3c2)c1.O=C(Cc1ccccc1)Nc1cncc(-c2cnc3n[nH]c(-c4nc5c(-c6ccncc6)cncc5[nH]4)c3c2)c1.O=C(Nc1cncc(-c2cnc3[nH]nc(-c4nc5c(-c6ccncc6)cncc5[nH]4)c3c2)c1)c1ccccc1. The van der Waals surface area contributed by atoms with Crippen LogP contribution in [-0.4, -0.2) is 184 Å². The average Bonchev–Trinajstić information content (AvgIpc) is 1.63. The minimum Gasteiger partial charge on any atom is -0.382 e. The second-order valence-corrected chi connectivity index (χ2v) is 36.3. The molecule has 3 amide bonds. The zero-order chi connectivity index (χ0) is 102. The van der Waals surface area contributed by atoms with E-state index in [0.717, 1.165) is 172 Å². The summed E-state index contributed by atoms with van der Waals surface area (Å²) in [5.74, 6) is 2.13. The van der Waals surface area contributed by atoms with E-state index in [4.69, 9.17) is 19.9 Å². The van der Waals surface area contributed by atoms with Gasteiger partial charge in [-0.2, -0.15) is 20.4 Å². The van der Waals surface area contributed by atoms with Crippen LogP contribution in [0.4, 0.5) is 22.7 Å². The van der Waals surface area contributed by atoms with Gasteiger partial charge >= 0.3 is 0 Å². The van der Waals surface area contributed by atoms with Crippen molar-refractivity contribution in [3.63, 3.8) is 0 Å². The minimum atomic E-state index is -0.512. The van der Waals surface area contributed by atoms with E-state index in [1.165, 1.54) is 0 Å². The number of hydrogen-bond acceptors (Lipinski definition) is 28. The number of fused-ring (bicyclic) bond motifs is 8. The number of benzene rings is 2. The second kappa shape index (κ2) is 40.3. The molecule has 0 bridgehead atoms. The summed E-state index contributed by atoms with van der Waals surface area (Å²) in [7, 11) is 0. The molecule has 39 nitrogen and oxygen atoms in total. The Morgan fingerprint density at radius 2 is 0.640 bits per heavy atom. The number of aromatic amines is 8. The van der Waals surface area contributed by atoms with Crippen LogP contribution in [0, 0.1) is 5.41 Å². The van der Waals surface area contributed by atoms with E-state index in [0.29, 0.717) is 91.6 Å². The molecule has 0 unspecified atom stereocenters. The molecular formula is C111H84N36O3. The third-order valence-corrected chi connectivity index (χ3v) is 24.6. The first kappa shape index (κ1) is 92.5. The summed E-state index contributed by atoms with van der Waals surface area (Å²) in [6.45, 7) is 9.80. The number of amides is 3. The van der Waals surface area contributed by atoms with E-state index >= 15 is 0 Å². The number of nitrogens with zero attached hydrogens (tertiary/aromatic N) is 24. The van der Waals surface area contributed by atoms with Gasteiger partial charge in [0, 0.05) is 214 Å². The van der Waals surface area contributed by atoms with Gasteiger partial charge in [-0.05, 0) is 151 Å². The van der Waals surface area contributed by atoms with Crippen molar-refractivity contribution in [1.82, 2.24) is 160 Å². The Kier molecular flexibility index (Phi) is 24.9. The molecule has 39 heteroatoms. The standard InChI is InChI=1S/C30H21N9O.C29H19N9O.C27H23N9O.C25H21N9/c40-26(10-18-4-2-1-3-5-18)35-22-11-20(13-32-15-22)21-12-23-28(38-39-29(23)34-14-21)30-36-25-17-33-16-24(27(25)37-30)19-6-8-31-9-7-19;39-29(18-4-2-1-3-5-18)34-21-10-19(12-31-14-21)20-11-22-26(37-38-27(22)33-13-20)28-35-24-16-32-15-23(25(24)36-28)17-6-8-30-9-7-17;1-27(2,3)26(37)32-18-8-16(10-29-12-18)17-9-19-23(35-36-24(19)31-11-17)25-33-21-14-30-13-20(22(21)34-25)15-4-6-28-7-5-15;1-14(2)30-18-7-16(9-27-11-18)17-8-19-23(33-34-24(19)29-10-17)25-31-21-13-28-12-20(22(21)32-25)15-3-5-26-6-4-15/h1-9,11-17H,10H2,(H,35,40)(H,36,37)(H,34,38,39);1-16H,(H,34,39)(H,35,36)(H,33,37,38);4-14H,1-3H3,(H,32,37)(H,33,34)(H,31,35,36);3-14,30H,1-2H3,(H,31,32)(H,29,33,34). The molecule has 150 heavy (non-hydrogen) atoms. The van der Waals surface area contributed by atoms with Crippen LogP contribution in [0.2, 0.25) is 0 Å². The molecule has 0 aliphatic rings. The third kappa shape index (κ3) is 19.5. The van der Waals surface area contributed by atoms with Gasteiger partial charge in [0.25, 0.3) is 5.91 Å². The summed E-state index contributed by atoms with van der Waals surface area (Å²) in [4.78, 5) is 140. The number of pyridine rings is 16. The molecule has 0 saturated heterocycles. The molecule has 0 aliphatic heterocycles. The monoisotopic (exact) mass is 1970 g/mol. The van der Waals surface area contributed by atoms with Gasteiger partial charge in [0.15, 0.2) is 45.9 Å². The highest BCUT2D eigenvalue weighted by Crippen LogP contribution is 2.40. The van der Waals surface area contributed by atoms with Gasteiger partial charge in [0.05, 0.1) is 138 Å². The number of nitrogens with one attached hydrogen (secondary N) is 12. The molecule has 0 radical (unpaired) electrons. The molecule has 0 saturated carbocycles. The van der Waals surface area contributed by atoms with Crippen LogP contribution in [0.1, 0.15) is 50.5 Å². The topological polar surface area (TPSA) is 535 Å². The highest BCUT2D eigenvalue weighted by Gasteiger charge is 2.26. The number of hydrogen-bond donors (Lipinski definition) is 12. The van der Waals surface area contributed by atoms with Crippen molar-refractivity contribution in [3.8, 4) is 135 Å². The molecule has 0 fully saturated rings. The molecule has 26 aromatic rings. The number of rotatable bonds is 20. The van der Waals surface area contributed by atoms with Crippen molar-refractivity contribution in [2.45, 2.75) is 47.1 Å². The quantitative estimate of drug-likeness (QED) is 0.0337. The Morgan fingerprint density at radius 3 is 1.03 bits per heavy atom. The molecule has 0 spiro atoms. The predicted molar refractivity (Wildman–Crippen MR) is 573 cm³/mol. The minimum absolute atomic E-state index is 0.0809. The van der Waals surface area contributed by atoms with Crippen LogP contribution in [-0.2, 0) is 16.0 Å². The molecule has 0 atom stereocenters. The maximum absolute atomic E-state index is 12.6. The van der Waals surface area contributed by atoms with E-state index in [1.807, 2.05) is 179 Å². The van der Waals surface area contributed by atoms with E-state index in [9.17, 15) is 14.4 Å². The Balaban J connectivity index is 0.000000110. The number of carbonyl (C=O) groups is 3. The van der Waals surface area contributed by atoms with Crippen molar-refractivity contribution in [2.75, 3.05) is 21.3 Å². The number of H-pyrrole nitrogens is 8. The highest BCUT2D eigenvalue weighted by atomic mass is 16.2. The predicted octanol–water partition coefficient (Wildman–Crippen LogP) is 20.3. The summed E-state index contributed by atoms with van der Waals surface area (Å²) in [6.07, 6.45) is 49.3. The van der Waals surface area contributed by atoms with Crippen molar-refractivity contribution < 1.29 is 14.4 Å². The first-order valence-corrected chi connectivity index (χ1v) is 47.4. The smallest absolute Gasteiger partial charge is 0.255 e. The molecule has 24 heterocycles. The lowest BCUT2D eigenvalue weighted by Crippen LogP contribution is -2.27. The third-order valence-electron chi connectivity index (χ3n) is 24.6. The van der Waals surface area contributed by atoms with Crippen LogP contribution >= 0.6 is 0 Å². The highest BCUT2D eigenvalue weighted by molar-refractivity contribution is 6.06. The van der Waals surface area contributed by atoms with Crippen molar-refractivity contribution in [1.29, 1.82) is 0 Å². The van der Waals surface area contributed by atoms with Crippen molar-refractivity contribution in [3.05, 3.63) is 342 Å². The summed E-state index contributed by atoms with van der Waals surface area (Å²) < 4.78 is 0. The molecule has 2 aromatic carbocycles. The van der Waals surface area contributed by atoms with Gasteiger partial charge < -0.3 is 41.2 Å². The van der Waals surface area contributed by atoms with Gasteiger partial charge in [0.1, 0.15) is 22.8 Å². The van der Waals surface area contributed by atoms with Gasteiger partial charge in [0.2, 0.25) is 11.8 Å². The van der Waals surface area contributed by atoms with E-state index in [2.05, 4.69) is 188 Å². The fraction of sp³-hybridized carbons (Fsp3) is 0.0721. The van der Waals surface area contributed by atoms with Crippen LogP contribution in [0.3, 0.4) is 0 Å². The zero-order valence-corrected chi connectivity index (χ0v) is 80.4. The van der Waals surface area contributed by atoms with Gasteiger partial charge in [-0.15, -0.1) is 0 Å². The molecular weight excluding hydrogens is 1890 g/mol. The van der Waals surface area contributed by atoms with Crippen LogP contribution in [0.25, 0.3) is 223 Å². The molecule has 24 aromatic heterocycles. The first-order valence-electron chi connectivity index (χ1n) is 47.4. The van der Waals surface area contributed by atoms with Crippen molar-refractivity contribution >= 4 is 129 Å². The van der Waals surface area contributed by atoms with Crippen LogP contribution in [0.5, 0.6) is 0 Å². The van der Waals surface area contributed by atoms with E-state index < -0.39 is 5.41 Å². The fourth-order valence-electron chi connectivity index (χ4n) is 17.2. The molecule has 12 N–H and O–H groups in total. The Morgan fingerprint density at radius 1 is 0.307 bits per heavy atom. The Bertz CT molecular complexity index is 9500. The average molecular weight is 1970 g/mol. The van der Waals surface area contributed by atoms with Gasteiger partial charge in [-0.3, -0.25) is 94.6 Å². The lowest BCUT2D eigenvalue weighted by atomic mass is 9.95. The summed E-state index contributed by atoms with van der Waals surface area (Å²) in [5.41, 5.74) is 29.9. The molecule has 0 aliphatic carbocycles. The summed E-state index contributed by atoms with van der Waals surface area (Å²) in [5, 5.41) is 45.3. The Labute approximate surface area is 849 Å². The second-order valence-electron chi connectivity index (χ2n) is 36.3. The maximum Gasteiger partial charge on any atom is 0.255 e.